The Bertz CT molecular complexity index is 2650. The highest BCUT2D eigenvalue weighted by molar-refractivity contribution is 7.25. The number of rotatable bonds is 4. The van der Waals surface area contributed by atoms with E-state index in [1.807, 2.05) is 17.5 Å². The minimum Gasteiger partial charge on any atom is -0.457 e. The van der Waals surface area contributed by atoms with Crippen LogP contribution in [0.1, 0.15) is 52.7 Å². The molecule has 1 aliphatic heterocycles. The van der Waals surface area contributed by atoms with Crippen molar-refractivity contribution in [2.75, 3.05) is 23.5 Å². The van der Waals surface area contributed by atoms with Crippen LogP contribution in [0.3, 0.4) is 0 Å². The summed E-state index contributed by atoms with van der Waals surface area (Å²) in [6.45, 7) is 14.3. The van der Waals surface area contributed by atoms with Gasteiger partial charge in [0.25, 0.3) is 0 Å². The zero-order chi connectivity index (χ0) is 35.2. The fraction of sp³-hybridized carbons (Fsp3) is 0.222. The summed E-state index contributed by atoms with van der Waals surface area (Å²) >= 11 is 1.87. The molecule has 0 N–H and O–H groups in total. The molecule has 0 saturated heterocycles. The van der Waals surface area contributed by atoms with E-state index in [1.165, 1.54) is 53.4 Å². The number of para-hydroxylation sites is 1. The van der Waals surface area contributed by atoms with Crippen molar-refractivity contribution in [3.8, 4) is 17.3 Å². The molecule has 0 spiro atoms. The van der Waals surface area contributed by atoms with Crippen molar-refractivity contribution in [3.63, 3.8) is 0 Å². The van der Waals surface area contributed by atoms with Crippen LogP contribution in [0.5, 0.6) is 11.5 Å². The SMILES string of the molecule is CN1CN(c2cc(Oc3ccc4c5ccccc5n(-c5cc(C(C)(C)C)ccn5)c4c3)cc(C(C)(C)C)c2)c2cc3c(cc21)sc1ccccc13. The Morgan fingerprint density at radius 1 is 0.608 bits per heavy atom. The number of hydrogen-bond acceptors (Lipinski definition) is 5. The van der Waals surface area contributed by atoms with Crippen LogP contribution < -0.4 is 14.5 Å². The summed E-state index contributed by atoms with van der Waals surface area (Å²) in [7, 11) is 2.18. The molecule has 51 heavy (non-hydrogen) atoms. The number of benzene rings is 5. The first-order chi connectivity index (χ1) is 24.4. The predicted octanol–water partition coefficient (Wildman–Crippen LogP) is 12.5. The molecule has 0 bridgehead atoms. The van der Waals surface area contributed by atoms with Gasteiger partial charge in [-0.25, -0.2) is 4.98 Å². The molecule has 6 heteroatoms. The maximum Gasteiger partial charge on any atom is 0.137 e. The highest BCUT2D eigenvalue weighted by atomic mass is 32.1. The Labute approximate surface area is 303 Å². The van der Waals surface area contributed by atoms with Gasteiger partial charge in [0.05, 0.1) is 29.1 Å². The van der Waals surface area contributed by atoms with Gasteiger partial charge in [0.2, 0.25) is 0 Å². The predicted molar refractivity (Wildman–Crippen MR) is 217 cm³/mol. The van der Waals surface area contributed by atoms with E-state index in [1.54, 1.807) is 0 Å². The van der Waals surface area contributed by atoms with Crippen molar-refractivity contribution >= 4 is 70.4 Å². The molecule has 8 aromatic rings. The molecule has 4 heterocycles. The van der Waals surface area contributed by atoms with Gasteiger partial charge in [-0.15, -0.1) is 11.3 Å². The van der Waals surface area contributed by atoms with Gasteiger partial charge < -0.3 is 14.5 Å². The Hall–Kier alpha value is -5.33. The topological polar surface area (TPSA) is 33.5 Å². The molecule has 0 saturated carbocycles. The first-order valence-electron chi connectivity index (χ1n) is 17.7. The number of ether oxygens (including phenoxy) is 1. The van der Waals surface area contributed by atoms with Crippen LogP contribution in [-0.2, 0) is 10.8 Å². The second-order valence-electron chi connectivity index (χ2n) is 16.0. The number of aromatic nitrogens is 2. The Morgan fingerprint density at radius 3 is 2.16 bits per heavy atom. The first-order valence-corrected chi connectivity index (χ1v) is 18.5. The standard InChI is InChI=1S/C45H42N4OS/c1-44(2,3)28-18-19-46-43(22-28)49-37-14-10-8-12-33(37)34-17-16-31(24-38(34)49)50-32-21-29(45(4,5)6)20-30(23-32)48-27-47(7)39-26-42-36(25-40(39)48)35-13-9-11-15-41(35)51-42/h8-26H,27H2,1-7H3. The minimum atomic E-state index is -0.0732. The number of hydrogen-bond donors (Lipinski definition) is 0. The molecule has 0 atom stereocenters. The number of pyridine rings is 1. The normalized spacial score (nSPS) is 13.6. The maximum atomic E-state index is 6.85. The minimum absolute atomic E-state index is 0.00859. The fourth-order valence-electron chi connectivity index (χ4n) is 7.49. The summed E-state index contributed by atoms with van der Waals surface area (Å²) in [5.41, 5.74) is 8.21. The van der Waals surface area contributed by atoms with E-state index < -0.39 is 0 Å². The van der Waals surface area contributed by atoms with Crippen molar-refractivity contribution in [3.05, 3.63) is 127 Å². The Balaban J connectivity index is 1.16. The molecule has 5 aromatic carbocycles. The quantitative estimate of drug-likeness (QED) is 0.185. The lowest BCUT2D eigenvalue weighted by Crippen LogP contribution is -2.24. The third kappa shape index (κ3) is 5.32. The summed E-state index contributed by atoms with van der Waals surface area (Å²) in [4.78, 5) is 9.65. The molecule has 254 valence electrons. The van der Waals surface area contributed by atoms with Gasteiger partial charge in [0.15, 0.2) is 0 Å². The number of fused-ring (bicyclic) bond motifs is 7. The summed E-state index contributed by atoms with van der Waals surface area (Å²) in [5.74, 6) is 2.53. The summed E-state index contributed by atoms with van der Waals surface area (Å²) in [5, 5.41) is 5.00. The molecule has 3 aromatic heterocycles. The summed E-state index contributed by atoms with van der Waals surface area (Å²) in [6, 6.07) is 39.6. The van der Waals surface area contributed by atoms with Crippen LogP contribution in [0.25, 0.3) is 47.8 Å². The lowest BCUT2D eigenvalue weighted by Gasteiger charge is -2.25. The second-order valence-corrected chi connectivity index (χ2v) is 17.0. The largest absolute Gasteiger partial charge is 0.457 e. The zero-order valence-electron chi connectivity index (χ0n) is 30.3. The van der Waals surface area contributed by atoms with E-state index >= 15 is 0 Å². The van der Waals surface area contributed by atoms with Crippen LogP contribution in [0, 0.1) is 0 Å². The van der Waals surface area contributed by atoms with Crippen molar-refractivity contribution in [1.82, 2.24) is 9.55 Å². The molecular formula is C45H42N4OS. The number of nitrogens with zero attached hydrogens (tertiary/aromatic N) is 4. The van der Waals surface area contributed by atoms with Gasteiger partial charge in [-0.3, -0.25) is 4.57 Å². The monoisotopic (exact) mass is 686 g/mol. The average Bonchev–Trinajstić information content (AvgIpc) is 3.75. The molecule has 0 radical (unpaired) electrons. The number of thiophene rings is 1. The van der Waals surface area contributed by atoms with Crippen LogP contribution >= 0.6 is 11.3 Å². The zero-order valence-corrected chi connectivity index (χ0v) is 31.1. The molecule has 0 unspecified atom stereocenters. The summed E-state index contributed by atoms with van der Waals surface area (Å²) in [6.07, 6.45) is 1.93. The molecule has 0 aliphatic carbocycles. The maximum absolute atomic E-state index is 6.85. The van der Waals surface area contributed by atoms with E-state index in [2.05, 4.69) is 172 Å². The Morgan fingerprint density at radius 2 is 1.35 bits per heavy atom. The highest BCUT2D eigenvalue weighted by Crippen LogP contribution is 2.47. The second kappa shape index (κ2) is 11.3. The van der Waals surface area contributed by atoms with E-state index in [4.69, 9.17) is 9.72 Å². The van der Waals surface area contributed by atoms with E-state index in [0.717, 1.165) is 40.7 Å². The van der Waals surface area contributed by atoms with Crippen molar-refractivity contribution in [2.24, 2.45) is 0 Å². The van der Waals surface area contributed by atoms with Crippen LogP contribution in [0.2, 0.25) is 0 Å². The van der Waals surface area contributed by atoms with Gasteiger partial charge in [-0.1, -0.05) is 77.9 Å². The third-order valence-electron chi connectivity index (χ3n) is 10.3. The molecule has 5 nitrogen and oxygen atoms in total. The van der Waals surface area contributed by atoms with Gasteiger partial charge in [0, 0.05) is 62.0 Å². The molecule has 0 amide bonds. The van der Waals surface area contributed by atoms with Crippen molar-refractivity contribution in [1.29, 1.82) is 0 Å². The smallest absolute Gasteiger partial charge is 0.137 e. The van der Waals surface area contributed by atoms with Crippen LogP contribution in [0.4, 0.5) is 17.1 Å². The third-order valence-corrected chi connectivity index (χ3v) is 11.5. The van der Waals surface area contributed by atoms with Gasteiger partial charge in [0.1, 0.15) is 17.3 Å². The lowest BCUT2D eigenvalue weighted by atomic mass is 9.86. The van der Waals surface area contributed by atoms with E-state index in [0.29, 0.717) is 0 Å². The van der Waals surface area contributed by atoms with Gasteiger partial charge in [-0.05, 0) is 82.6 Å². The molecular weight excluding hydrogens is 645 g/mol. The van der Waals surface area contributed by atoms with Gasteiger partial charge >= 0.3 is 0 Å². The van der Waals surface area contributed by atoms with E-state index in [9.17, 15) is 0 Å². The first kappa shape index (κ1) is 31.6. The average molecular weight is 687 g/mol. The molecule has 9 rings (SSSR count). The lowest BCUT2D eigenvalue weighted by molar-refractivity contribution is 0.479. The van der Waals surface area contributed by atoms with Crippen molar-refractivity contribution < 1.29 is 4.74 Å². The Kier molecular flexibility index (Phi) is 7.04. The van der Waals surface area contributed by atoms with Crippen molar-refractivity contribution in [2.45, 2.75) is 52.4 Å². The van der Waals surface area contributed by atoms with E-state index in [-0.39, 0.29) is 10.8 Å². The summed E-state index contributed by atoms with van der Waals surface area (Å²) < 4.78 is 11.8. The van der Waals surface area contributed by atoms with Gasteiger partial charge in [-0.2, -0.15) is 0 Å². The fourth-order valence-corrected chi connectivity index (χ4v) is 8.61. The molecule has 0 fully saturated rings. The highest BCUT2D eigenvalue weighted by Gasteiger charge is 2.28. The van der Waals surface area contributed by atoms with Crippen LogP contribution in [-0.4, -0.2) is 23.3 Å². The number of anilines is 3. The van der Waals surface area contributed by atoms with Crippen LogP contribution in [0.15, 0.2) is 115 Å². The molecule has 1 aliphatic rings.